The Hall–Kier alpha value is -8.58. The van der Waals surface area contributed by atoms with E-state index in [1.165, 1.54) is 0 Å². The maximum Gasteiger partial charge on any atom is 0.258 e. The first kappa shape index (κ1) is 32.6. The van der Waals surface area contributed by atoms with Crippen LogP contribution in [0.1, 0.15) is 33.8 Å². The van der Waals surface area contributed by atoms with E-state index in [4.69, 9.17) is 8.83 Å². The number of fused-ring (bicyclic) bond motifs is 1. The third kappa shape index (κ3) is 5.67. The second-order valence-electron chi connectivity index (χ2n) is 12.0. The number of nitriles is 4. The largest absolute Gasteiger partial charge is 0.438 e. The van der Waals surface area contributed by atoms with E-state index in [1.54, 1.807) is 131 Å². The van der Waals surface area contributed by atoms with Crippen LogP contribution < -0.4 is 20.4 Å². The molecule has 12 heteroatoms. The Morgan fingerprint density at radius 1 is 0.407 bits per heavy atom. The SMILES string of the molecule is N#Cc1ccc(N(c2ccc(C#N)cc2)c2ccc(C3=C4C(=O)NC(c5ccc(N(c6ccc(C#N)cc6)c6ccc(C#N)cc6)o5)=C4C(=O)N3)o2)cc1. The third-order valence-electron chi connectivity index (χ3n) is 8.82. The molecule has 0 aliphatic carbocycles. The van der Waals surface area contributed by atoms with Gasteiger partial charge in [-0.15, -0.1) is 0 Å². The van der Waals surface area contributed by atoms with Crippen molar-refractivity contribution in [2.24, 2.45) is 0 Å². The average molecular weight is 703 g/mol. The molecular formula is C42H22N8O4. The van der Waals surface area contributed by atoms with Crippen LogP contribution in [0.3, 0.4) is 0 Å². The molecular weight excluding hydrogens is 681 g/mol. The lowest BCUT2D eigenvalue weighted by Crippen LogP contribution is -2.21. The van der Waals surface area contributed by atoms with E-state index in [2.05, 4.69) is 34.9 Å². The van der Waals surface area contributed by atoms with Crippen molar-refractivity contribution in [3.05, 3.63) is 166 Å². The molecule has 0 atom stereocenters. The van der Waals surface area contributed by atoms with Crippen molar-refractivity contribution in [3.8, 4) is 24.3 Å². The summed E-state index contributed by atoms with van der Waals surface area (Å²) in [4.78, 5) is 30.7. The Morgan fingerprint density at radius 2 is 0.685 bits per heavy atom. The Morgan fingerprint density at radius 3 is 0.944 bits per heavy atom. The molecule has 2 aliphatic heterocycles. The molecule has 254 valence electrons. The molecule has 2 N–H and O–H groups in total. The van der Waals surface area contributed by atoms with Gasteiger partial charge in [-0.2, -0.15) is 21.0 Å². The molecule has 2 aliphatic rings. The van der Waals surface area contributed by atoms with Gasteiger partial charge in [0.1, 0.15) is 0 Å². The highest BCUT2D eigenvalue weighted by atomic mass is 16.4. The second kappa shape index (κ2) is 13.3. The van der Waals surface area contributed by atoms with E-state index >= 15 is 0 Å². The summed E-state index contributed by atoms with van der Waals surface area (Å²) in [6.45, 7) is 0. The minimum atomic E-state index is -0.531. The first-order chi connectivity index (χ1) is 26.4. The van der Waals surface area contributed by atoms with E-state index in [1.807, 2.05) is 0 Å². The van der Waals surface area contributed by atoms with Gasteiger partial charge in [0.15, 0.2) is 11.5 Å². The van der Waals surface area contributed by atoms with Crippen LogP contribution in [0.25, 0.3) is 11.4 Å². The molecule has 0 radical (unpaired) electrons. The van der Waals surface area contributed by atoms with Crippen molar-refractivity contribution < 1.29 is 18.4 Å². The van der Waals surface area contributed by atoms with Gasteiger partial charge in [0.2, 0.25) is 11.8 Å². The number of nitrogens with zero attached hydrogens (tertiary/aromatic N) is 6. The number of hydrogen-bond acceptors (Lipinski definition) is 10. The van der Waals surface area contributed by atoms with Crippen LogP contribution in [0.15, 0.2) is 141 Å². The molecule has 4 heterocycles. The number of carbonyl (C=O) groups excluding carboxylic acids is 2. The standard InChI is InChI=1S/C42H22N8O4/c43-21-25-1-9-29(10-2-25)49(30-11-3-26(22-44)4-12-30)35-19-17-33(53-35)39-37-38(42(52)47-39)40(48-41(37)51)34-18-20-36(54-34)50(31-13-5-27(23-45)6-14-31)32-15-7-28(24-46)8-16-32/h1-20H,(H,47,52)(H,48,51). The maximum absolute atomic E-state index is 13.6. The van der Waals surface area contributed by atoms with Crippen LogP contribution >= 0.6 is 0 Å². The zero-order valence-electron chi connectivity index (χ0n) is 27.9. The molecule has 2 aromatic heterocycles. The van der Waals surface area contributed by atoms with Gasteiger partial charge in [0.05, 0.1) is 69.1 Å². The van der Waals surface area contributed by atoms with Gasteiger partial charge < -0.3 is 19.5 Å². The lowest BCUT2D eigenvalue weighted by atomic mass is 10.1. The van der Waals surface area contributed by atoms with Crippen LogP contribution in [-0.4, -0.2) is 11.8 Å². The Kier molecular flexibility index (Phi) is 8.02. The van der Waals surface area contributed by atoms with Crippen LogP contribution in [0.4, 0.5) is 34.5 Å². The quantitative estimate of drug-likeness (QED) is 0.159. The lowest BCUT2D eigenvalue weighted by Gasteiger charge is -2.22. The normalized spacial score (nSPS) is 13.0. The maximum atomic E-state index is 13.6. The summed E-state index contributed by atoms with van der Waals surface area (Å²) in [7, 11) is 0. The summed E-state index contributed by atoms with van der Waals surface area (Å²) < 4.78 is 12.6. The van der Waals surface area contributed by atoms with Crippen molar-refractivity contribution in [3.63, 3.8) is 0 Å². The number of benzene rings is 4. The van der Waals surface area contributed by atoms with Gasteiger partial charge in [-0.3, -0.25) is 19.4 Å². The molecule has 0 spiro atoms. The monoisotopic (exact) mass is 702 g/mol. The number of carbonyl (C=O) groups is 2. The molecule has 54 heavy (non-hydrogen) atoms. The second-order valence-corrected chi connectivity index (χ2v) is 12.0. The van der Waals surface area contributed by atoms with E-state index in [-0.39, 0.29) is 34.1 Å². The molecule has 0 saturated heterocycles. The fourth-order valence-corrected chi connectivity index (χ4v) is 6.26. The van der Waals surface area contributed by atoms with Crippen LogP contribution in [0.5, 0.6) is 0 Å². The molecule has 6 aromatic rings. The first-order valence-corrected chi connectivity index (χ1v) is 16.3. The Bertz CT molecular complexity index is 2420. The summed E-state index contributed by atoms with van der Waals surface area (Å²) in [5, 5.41) is 42.9. The lowest BCUT2D eigenvalue weighted by molar-refractivity contribution is -0.117. The Labute approximate surface area is 307 Å². The summed E-state index contributed by atoms with van der Waals surface area (Å²) >= 11 is 0. The van der Waals surface area contributed by atoms with Crippen molar-refractivity contribution in [2.45, 2.75) is 0 Å². The molecule has 12 nitrogen and oxygen atoms in total. The van der Waals surface area contributed by atoms with Crippen LogP contribution in [0, 0.1) is 45.3 Å². The number of rotatable bonds is 8. The smallest absolute Gasteiger partial charge is 0.258 e. The van der Waals surface area contributed by atoms with Crippen molar-refractivity contribution in [1.82, 2.24) is 10.6 Å². The van der Waals surface area contributed by atoms with Gasteiger partial charge in [0.25, 0.3) is 11.8 Å². The molecule has 4 aromatic carbocycles. The summed E-state index contributed by atoms with van der Waals surface area (Å²) in [5.41, 5.74) is 5.09. The highest BCUT2D eigenvalue weighted by molar-refractivity contribution is 6.30. The zero-order valence-corrected chi connectivity index (χ0v) is 27.9. The number of nitrogens with one attached hydrogen (secondary N) is 2. The van der Waals surface area contributed by atoms with E-state index in [9.17, 15) is 30.6 Å². The van der Waals surface area contributed by atoms with Crippen molar-refractivity contribution in [2.75, 3.05) is 9.80 Å². The van der Waals surface area contributed by atoms with Gasteiger partial charge in [-0.05, 0) is 109 Å². The minimum absolute atomic E-state index is 0.0909. The number of furan rings is 2. The highest BCUT2D eigenvalue weighted by Gasteiger charge is 2.43. The van der Waals surface area contributed by atoms with Gasteiger partial charge in [-0.1, -0.05) is 0 Å². The molecule has 2 amide bonds. The van der Waals surface area contributed by atoms with E-state index in [0.717, 1.165) is 0 Å². The number of amides is 2. The zero-order chi connectivity index (χ0) is 37.3. The molecule has 0 unspecified atom stereocenters. The van der Waals surface area contributed by atoms with Crippen molar-refractivity contribution in [1.29, 1.82) is 21.0 Å². The average Bonchev–Trinajstić information content (AvgIpc) is 4.03. The highest BCUT2D eigenvalue weighted by Crippen LogP contribution is 2.43. The third-order valence-corrected chi connectivity index (χ3v) is 8.82. The predicted molar refractivity (Wildman–Crippen MR) is 196 cm³/mol. The summed E-state index contributed by atoms with van der Waals surface area (Å²) in [6, 6.07) is 42.6. The van der Waals surface area contributed by atoms with Crippen molar-refractivity contribution >= 4 is 57.7 Å². The minimum Gasteiger partial charge on any atom is -0.438 e. The number of hydrogen-bond donors (Lipinski definition) is 2. The van der Waals surface area contributed by atoms with Crippen LogP contribution in [0.2, 0.25) is 0 Å². The Balaban J connectivity index is 1.17. The fraction of sp³-hybridized carbons (Fsp3) is 0. The van der Waals surface area contributed by atoms with Gasteiger partial charge in [0, 0.05) is 34.9 Å². The molecule has 0 fully saturated rings. The van der Waals surface area contributed by atoms with E-state index in [0.29, 0.717) is 56.8 Å². The molecule has 0 bridgehead atoms. The summed E-state index contributed by atoms with van der Waals surface area (Å²) in [6.07, 6.45) is 0. The van der Waals surface area contributed by atoms with E-state index < -0.39 is 11.8 Å². The predicted octanol–water partition coefficient (Wildman–Crippen LogP) is 7.68. The topological polar surface area (TPSA) is 186 Å². The molecule has 8 rings (SSSR count). The van der Waals surface area contributed by atoms with Gasteiger partial charge >= 0.3 is 0 Å². The first-order valence-electron chi connectivity index (χ1n) is 16.3. The van der Waals surface area contributed by atoms with Crippen LogP contribution in [-0.2, 0) is 9.59 Å². The molecule has 0 saturated carbocycles. The number of anilines is 6. The van der Waals surface area contributed by atoms with Gasteiger partial charge in [-0.25, -0.2) is 0 Å². The fourth-order valence-electron chi connectivity index (χ4n) is 6.26. The summed E-state index contributed by atoms with van der Waals surface area (Å²) in [5.74, 6) is 0.0750.